The van der Waals surface area contributed by atoms with Crippen LogP contribution in [0.2, 0.25) is 0 Å². The van der Waals surface area contributed by atoms with E-state index in [0.717, 1.165) is 49.9 Å². The molecule has 1 aliphatic carbocycles. The number of aliphatic hydroxyl groups excluding tert-OH is 1. The molecule has 3 heteroatoms. The first-order valence-corrected chi connectivity index (χ1v) is 9.86. The maximum absolute atomic E-state index is 12.9. The molecule has 2 aromatic rings. The predicted octanol–water partition coefficient (Wildman–Crippen LogP) is 4.15. The van der Waals surface area contributed by atoms with Crippen LogP contribution in [0.3, 0.4) is 0 Å². The van der Waals surface area contributed by atoms with E-state index in [9.17, 15) is 9.90 Å². The Bertz CT molecular complexity index is 763. The van der Waals surface area contributed by atoms with Crippen molar-refractivity contribution in [2.75, 3.05) is 13.1 Å². The lowest BCUT2D eigenvalue weighted by Gasteiger charge is -2.34. The van der Waals surface area contributed by atoms with Crippen LogP contribution < -0.4 is 0 Å². The smallest absolute Gasteiger partial charge is 0.253 e. The summed E-state index contributed by atoms with van der Waals surface area (Å²) >= 11 is 0. The molecule has 1 aliphatic heterocycles. The molecule has 2 aromatic carbocycles. The highest BCUT2D eigenvalue weighted by Crippen LogP contribution is 2.31. The second-order valence-electron chi connectivity index (χ2n) is 7.68. The van der Waals surface area contributed by atoms with Crippen LogP contribution >= 0.6 is 0 Å². The molecule has 1 unspecified atom stereocenters. The van der Waals surface area contributed by atoms with Crippen molar-refractivity contribution in [1.82, 2.24) is 4.90 Å². The summed E-state index contributed by atoms with van der Waals surface area (Å²) in [5, 5.41) is 10.6. The van der Waals surface area contributed by atoms with Gasteiger partial charge in [0.05, 0.1) is 6.10 Å². The number of aliphatic hydroxyl groups is 1. The maximum atomic E-state index is 12.9. The number of rotatable bonds is 3. The molecule has 136 valence electrons. The Hall–Kier alpha value is -2.13. The number of hydrogen-bond acceptors (Lipinski definition) is 2. The lowest BCUT2D eigenvalue weighted by atomic mass is 9.87. The number of hydrogen-bond donors (Lipinski definition) is 1. The van der Waals surface area contributed by atoms with Crippen molar-refractivity contribution >= 4 is 5.91 Å². The van der Waals surface area contributed by atoms with Gasteiger partial charge in [0.1, 0.15) is 0 Å². The van der Waals surface area contributed by atoms with Crippen LogP contribution in [0.4, 0.5) is 0 Å². The van der Waals surface area contributed by atoms with Gasteiger partial charge in [-0.05, 0) is 73.3 Å². The molecule has 3 nitrogen and oxygen atoms in total. The number of aryl methyl sites for hydroxylation is 2. The van der Waals surface area contributed by atoms with Gasteiger partial charge in [-0.3, -0.25) is 4.79 Å². The minimum absolute atomic E-state index is 0.144. The molecule has 26 heavy (non-hydrogen) atoms. The largest absolute Gasteiger partial charge is 0.388 e. The number of benzene rings is 2. The van der Waals surface area contributed by atoms with E-state index in [4.69, 9.17) is 0 Å². The fourth-order valence-corrected chi connectivity index (χ4v) is 4.39. The maximum Gasteiger partial charge on any atom is 0.253 e. The van der Waals surface area contributed by atoms with Crippen LogP contribution in [-0.2, 0) is 12.8 Å². The fraction of sp³-hybridized carbons (Fsp3) is 0.435. The number of carbonyl (C=O) groups excluding carboxylic acids is 1. The third kappa shape index (κ3) is 3.54. The molecule has 1 heterocycles. The molecule has 0 aromatic heterocycles. The zero-order chi connectivity index (χ0) is 17.9. The van der Waals surface area contributed by atoms with Gasteiger partial charge in [0.25, 0.3) is 5.91 Å². The first kappa shape index (κ1) is 17.3. The molecule has 0 saturated carbocycles. The topological polar surface area (TPSA) is 40.5 Å². The van der Waals surface area contributed by atoms with Gasteiger partial charge in [-0.15, -0.1) is 0 Å². The molecule has 4 rings (SSSR count). The summed E-state index contributed by atoms with van der Waals surface area (Å²) in [5.74, 6) is 0.371. The quantitative estimate of drug-likeness (QED) is 0.904. The molecule has 1 fully saturated rings. The molecule has 0 spiro atoms. The second-order valence-corrected chi connectivity index (χ2v) is 7.68. The summed E-state index contributed by atoms with van der Waals surface area (Å²) in [6.45, 7) is 1.45. The van der Waals surface area contributed by atoms with Gasteiger partial charge >= 0.3 is 0 Å². The van der Waals surface area contributed by atoms with E-state index >= 15 is 0 Å². The fourth-order valence-electron chi connectivity index (χ4n) is 4.39. The summed E-state index contributed by atoms with van der Waals surface area (Å²) in [7, 11) is 0. The van der Waals surface area contributed by atoms with E-state index in [2.05, 4.69) is 12.1 Å². The molecule has 1 amide bonds. The van der Waals surface area contributed by atoms with Gasteiger partial charge in [0.2, 0.25) is 0 Å². The molecule has 1 saturated heterocycles. The second kappa shape index (κ2) is 7.63. The van der Waals surface area contributed by atoms with E-state index in [1.165, 1.54) is 24.0 Å². The summed E-state index contributed by atoms with van der Waals surface area (Å²) in [6.07, 6.45) is 6.01. The third-order valence-electron chi connectivity index (χ3n) is 6.01. The number of amides is 1. The highest BCUT2D eigenvalue weighted by Gasteiger charge is 2.29. The average Bonchev–Trinajstić information content (AvgIpc) is 2.73. The normalized spacial score (nSPS) is 19.0. The molecule has 0 bridgehead atoms. The van der Waals surface area contributed by atoms with Gasteiger partial charge in [-0.1, -0.05) is 36.4 Å². The molecular formula is C23H27NO2. The lowest BCUT2D eigenvalue weighted by molar-refractivity contribution is 0.0462. The monoisotopic (exact) mass is 349 g/mol. The standard InChI is InChI=1S/C23H27NO2/c25-22(18-7-2-1-3-8-18)19-12-14-24(15-13-19)23(26)21-11-10-17-6-4-5-9-20(17)16-21/h1-3,7-8,10-11,16,19,22,25H,4-6,9,12-15H2. The van der Waals surface area contributed by atoms with Gasteiger partial charge in [-0.2, -0.15) is 0 Å². The molecule has 2 aliphatic rings. The van der Waals surface area contributed by atoms with E-state index in [1.807, 2.05) is 41.3 Å². The summed E-state index contributed by atoms with van der Waals surface area (Å²) < 4.78 is 0. The SMILES string of the molecule is O=C(c1ccc2c(c1)CCCC2)N1CCC(C(O)c2ccccc2)CC1. The number of likely N-dealkylation sites (tertiary alicyclic amines) is 1. The highest BCUT2D eigenvalue weighted by atomic mass is 16.3. The summed E-state index contributed by atoms with van der Waals surface area (Å²) in [5.41, 5.74) is 4.58. The highest BCUT2D eigenvalue weighted by molar-refractivity contribution is 5.94. The minimum Gasteiger partial charge on any atom is -0.388 e. The summed E-state index contributed by atoms with van der Waals surface area (Å²) in [4.78, 5) is 14.9. The zero-order valence-corrected chi connectivity index (χ0v) is 15.2. The molecule has 0 radical (unpaired) electrons. The van der Waals surface area contributed by atoms with Gasteiger partial charge in [-0.25, -0.2) is 0 Å². The van der Waals surface area contributed by atoms with Crippen LogP contribution in [0.25, 0.3) is 0 Å². The third-order valence-corrected chi connectivity index (χ3v) is 6.01. The predicted molar refractivity (Wildman–Crippen MR) is 103 cm³/mol. The zero-order valence-electron chi connectivity index (χ0n) is 15.2. The van der Waals surface area contributed by atoms with Crippen LogP contribution in [0, 0.1) is 5.92 Å². The number of fused-ring (bicyclic) bond motifs is 1. The number of nitrogens with zero attached hydrogens (tertiary/aromatic N) is 1. The van der Waals surface area contributed by atoms with Gasteiger partial charge in [0.15, 0.2) is 0 Å². The van der Waals surface area contributed by atoms with Gasteiger partial charge in [0, 0.05) is 18.7 Å². The Morgan fingerprint density at radius 2 is 1.65 bits per heavy atom. The Morgan fingerprint density at radius 1 is 0.962 bits per heavy atom. The van der Waals surface area contributed by atoms with Crippen molar-refractivity contribution in [2.24, 2.45) is 5.92 Å². The summed E-state index contributed by atoms with van der Waals surface area (Å²) in [6, 6.07) is 16.1. The van der Waals surface area contributed by atoms with Crippen LogP contribution in [0.15, 0.2) is 48.5 Å². The number of piperidine rings is 1. The van der Waals surface area contributed by atoms with Crippen LogP contribution in [-0.4, -0.2) is 29.0 Å². The molecular weight excluding hydrogens is 322 g/mol. The Morgan fingerprint density at radius 3 is 2.38 bits per heavy atom. The molecule has 1 atom stereocenters. The van der Waals surface area contributed by atoms with Crippen LogP contribution in [0.5, 0.6) is 0 Å². The van der Waals surface area contributed by atoms with E-state index < -0.39 is 6.10 Å². The first-order valence-electron chi connectivity index (χ1n) is 9.86. The van der Waals surface area contributed by atoms with Crippen molar-refractivity contribution in [3.63, 3.8) is 0 Å². The van der Waals surface area contributed by atoms with E-state index in [0.29, 0.717) is 0 Å². The number of carbonyl (C=O) groups is 1. The minimum atomic E-state index is -0.433. The van der Waals surface area contributed by atoms with Crippen molar-refractivity contribution < 1.29 is 9.90 Å². The Balaban J connectivity index is 1.39. The lowest BCUT2D eigenvalue weighted by Crippen LogP contribution is -2.39. The van der Waals surface area contributed by atoms with E-state index in [-0.39, 0.29) is 11.8 Å². The van der Waals surface area contributed by atoms with Crippen molar-refractivity contribution in [3.8, 4) is 0 Å². The average molecular weight is 349 g/mol. The Labute approximate surface area is 155 Å². The first-order chi connectivity index (χ1) is 12.7. The Kier molecular flexibility index (Phi) is 5.07. The molecule has 1 N–H and O–H groups in total. The van der Waals surface area contributed by atoms with Crippen molar-refractivity contribution in [2.45, 2.75) is 44.6 Å². The van der Waals surface area contributed by atoms with Crippen molar-refractivity contribution in [1.29, 1.82) is 0 Å². The van der Waals surface area contributed by atoms with E-state index in [1.54, 1.807) is 0 Å². The van der Waals surface area contributed by atoms with Crippen molar-refractivity contribution in [3.05, 3.63) is 70.8 Å². The van der Waals surface area contributed by atoms with Gasteiger partial charge < -0.3 is 10.0 Å². The van der Waals surface area contributed by atoms with Crippen LogP contribution in [0.1, 0.15) is 58.8 Å².